The summed E-state index contributed by atoms with van der Waals surface area (Å²) >= 11 is 0. The lowest BCUT2D eigenvalue weighted by atomic mass is 9.60. The molecule has 2 aliphatic heterocycles. The first kappa shape index (κ1) is 16.6. The van der Waals surface area contributed by atoms with E-state index in [9.17, 15) is 0 Å². The summed E-state index contributed by atoms with van der Waals surface area (Å²) in [7, 11) is 1.93. The Balaban J connectivity index is 1.40. The van der Waals surface area contributed by atoms with E-state index in [1.54, 1.807) is 0 Å². The number of hydrogen-bond acceptors (Lipinski definition) is 3. The van der Waals surface area contributed by atoms with Crippen molar-refractivity contribution >= 4 is 5.96 Å². The number of nitrogens with zero attached hydrogens (tertiary/aromatic N) is 2. The summed E-state index contributed by atoms with van der Waals surface area (Å²) in [6, 6.07) is 0.534. The molecule has 2 aliphatic carbocycles. The van der Waals surface area contributed by atoms with Gasteiger partial charge >= 0.3 is 0 Å². The van der Waals surface area contributed by atoms with Crippen LogP contribution in [0.15, 0.2) is 4.99 Å². The van der Waals surface area contributed by atoms with Crippen LogP contribution in [-0.4, -0.2) is 63.0 Å². The van der Waals surface area contributed by atoms with Gasteiger partial charge in [-0.05, 0) is 39.0 Å². The summed E-state index contributed by atoms with van der Waals surface area (Å²) in [5, 5.41) is 3.83. The molecular weight excluding hydrogens is 302 g/mol. The van der Waals surface area contributed by atoms with E-state index in [0.29, 0.717) is 23.0 Å². The number of nitrogens with one attached hydrogen (secondary N) is 1. The van der Waals surface area contributed by atoms with Gasteiger partial charge < -0.3 is 19.7 Å². The van der Waals surface area contributed by atoms with Gasteiger partial charge in [-0.1, -0.05) is 12.8 Å². The van der Waals surface area contributed by atoms with Crippen LogP contribution in [0.1, 0.15) is 51.9 Å². The lowest BCUT2D eigenvalue weighted by Crippen LogP contribution is -2.65. The first-order valence-corrected chi connectivity index (χ1v) is 9.89. The van der Waals surface area contributed by atoms with Crippen molar-refractivity contribution in [3.8, 4) is 0 Å². The van der Waals surface area contributed by atoms with Crippen molar-refractivity contribution in [1.29, 1.82) is 0 Å². The van der Waals surface area contributed by atoms with Crippen LogP contribution in [0, 0.1) is 10.8 Å². The number of ether oxygens (including phenoxy) is 2. The highest BCUT2D eigenvalue weighted by molar-refractivity contribution is 5.81. The summed E-state index contributed by atoms with van der Waals surface area (Å²) in [4.78, 5) is 7.09. The third-order valence-corrected chi connectivity index (χ3v) is 7.13. The van der Waals surface area contributed by atoms with E-state index in [1.165, 1.54) is 38.5 Å². The number of aliphatic imine (C=N–C) groups is 1. The predicted octanol–water partition coefficient (Wildman–Crippen LogP) is 2.41. The van der Waals surface area contributed by atoms with Gasteiger partial charge in [-0.15, -0.1) is 0 Å². The topological polar surface area (TPSA) is 46.1 Å². The lowest BCUT2D eigenvalue weighted by Gasteiger charge is -2.54. The second kappa shape index (κ2) is 6.49. The molecule has 5 nitrogen and oxygen atoms in total. The SMILES string of the molecule is CCOC1CC(NC(=NC)N2CCC3(CCOC3)C2)C12CCCC2. The van der Waals surface area contributed by atoms with Crippen molar-refractivity contribution < 1.29 is 9.47 Å². The average Bonchev–Trinajstić information content (AvgIpc) is 3.33. The average molecular weight is 335 g/mol. The van der Waals surface area contributed by atoms with Crippen LogP contribution in [0.2, 0.25) is 0 Å². The zero-order chi connectivity index (χ0) is 16.6. The highest BCUT2D eigenvalue weighted by atomic mass is 16.5. The second-order valence-electron chi connectivity index (χ2n) is 8.34. The van der Waals surface area contributed by atoms with Crippen molar-refractivity contribution in [3.05, 3.63) is 0 Å². The molecule has 0 aromatic heterocycles. The summed E-state index contributed by atoms with van der Waals surface area (Å²) in [6.45, 7) is 7.03. The molecule has 4 fully saturated rings. The van der Waals surface area contributed by atoms with Gasteiger partial charge in [-0.3, -0.25) is 4.99 Å². The zero-order valence-corrected chi connectivity index (χ0v) is 15.4. The smallest absolute Gasteiger partial charge is 0.193 e. The molecule has 24 heavy (non-hydrogen) atoms. The first-order chi connectivity index (χ1) is 11.7. The highest BCUT2D eigenvalue weighted by Gasteiger charge is 2.57. The number of rotatable bonds is 3. The van der Waals surface area contributed by atoms with E-state index in [0.717, 1.165) is 45.3 Å². The fraction of sp³-hybridized carbons (Fsp3) is 0.947. The van der Waals surface area contributed by atoms with Gasteiger partial charge in [0.2, 0.25) is 0 Å². The predicted molar refractivity (Wildman–Crippen MR) is 95.3 cm³/mol. The van der Waals surface area contributed by atoms with Crippen LogP contribution in [-0.2, 0) is 9.47 Å². The third kappa shape index (κ3) is 2.64. The molecule has 0 aromatic rings. The molecule has 4 aliphatic rings. The van der Waals surface area contributed by atoms with E-state index < -0.39 is 0 Å². The van der Waals surface area contributed by atoms with Gasteiger partial charge in [0.25, 0.3) is 0 Å². The zero-order valence-electron chi connectivity index (χ0n) is 15.4. The molecule has 0 bridgehead atoms. The Labute approximate surface area is 146 Å². The summed E-state index contributed by atoms with van der Waals surface area (Å²) < 4.78 is 11.7. The molecule has 3 atom stereocenters. The van der Waals surface area contributed by atoms with E-state index >= 15 is 0 Å². The molecule has 3 unspecified atom stereocenters. The van der Waals surface area contributed by atoms with Gasteiger partial charge in [0, 0.05) is 50.2 Å². The number of hydrogen-bond donors (Lipinski definition) is 1. The molecule has 136 valence electrons. The Morgan fingerprint density at radius 2 is 2.12 bits per heavy atom. The molecule has 2 saturated heterocycles. The Morgan fingerprint density at radius 3 is 2.79 bits per heavy atom. The van der Waals surface area contributed by atoms with Crippen molar-refractivity contribution in [3.63, 3.8) is 0 Å². The molecule has 5 heteroatoms. The molecular formula is C19H33N3O2. The van der Waals surface area contributed by atoms with Crippen LogP contribution < -0.4 is 5.32 Å². The van der Waals surface area contributed by atoms with Crippen LogP contribution >= 0.6 is 0 Å². The lowest BCUT2D eigenvalue weighted by molar-refractivity contribution is -0.126. The molecule has 0 amide bonds. The number of guanidine groups is 1. The Bertz CT molecular complexity index is 481. The first-order valence-electron chi connectivity index (χ1n) is 9.89. The monoisotopic (exact) mass is 335 g/mol. The fourth-order valence-corrected chi connectivity index (χ4v) is 5.63. The molecule has 0 aromatic carbocycles. The molecule has 2 saturated carbocycles. The molecule has 2 heterocycles. The Kier molecular flexibility index (Phi) is 4.50. The van der Waals surface area contributed by atoms with Gasteiger partial charge in [-0.2, -0.15) is 0 Å². The van der Waals surface area contributed by atoms with E-state index in [-0.39, 0.29) is 0 Å². The molecule has 4 rings (SSSR count). The summed E-state index contributed by atoms with van der Waals surface area (Å²) in [5.41, 5.74) is 0.746. The van der Waals surface area contributed by atoms with E-state index in [1.807, 2.05) is 7.05 Å². The van der Waals surface area contributed by atoms with Crippen LogP contribution in [0.3, 0.4) is 0 Å². The molecule has 0 radical (unpaired) electrons. The minimum Gasteiger partial charge on any atom is -0.381 e. The minimum atomic E-state index is 0.361. The second-order valence-corrected chi connectivity index (χ2v) is 8.34. The molecule has 1 N–H and O–H groups in total. The van der Waals surface area contributed by atoms with Crippen LogP contribution in [0.4, 0.5) is 0 Å². The maximum absolute atomic E-state index is 6.05. The fourth-order valence-electron chi connectivity index (χ4n) is 5.63. The maximum atomic E-state index is 6.05. The Hall–Kier alpha value is -0.810. The van der Waals surface area contributed by atoms with Gasteiger partial charge in [0.05, 0.1) is 12.7 Å². The van der Waals surface area contributed by atoms with Crippen molar-refractivity contribution in [1.82, 2.24) is 10.2 Å². The quantitative estimate of drug-likeness (QED) is 0.635. The van der Waals surface area contributed by atoms with Crippen molar-refractivity contribution in [2.45, 2.75) is 64.0 Å². The van der Waals surface area contributed by atoms with Crippen LogP contribution in [0.5, 0.6) is 0 Å². The Morgan fingerprint density at radius 1 is 1.29 bits per heavy atom. The van der Waals surface area contributed by atoms with Gasteiger partial charge in [0.1, 0.15) is 0 Å². The van der Waals surface area contributed by atoms with Crippen molar-refractivity contribution in [2.24, 2.45) is 15.8 Å². The van der Waals surface area contributed by atoms with Crippen molar-refractivity contribution in [2.75, 3.05) is 40.0 Å². The van der Waals surface area contributed by atoms with Gasteiger partial charge in [0.15, 0.2) is 5.96 Å². The van der Waals surface area contributed by atoms with Gasteiger partial charge in [-0.25, -0.2) is 0 Å². The van der Waals surface area contributed by atoms with E-state index in [4.69, 9.17) is 9.47 Å². The summed E-state index contributed by atoms with van der Waals surface area (Å²) in [6.07, 6.45) is 9.36. The standard InChI is InChI=1S/C19H33N3O2/c1-3-24-16-12-15(19(16)6-4-5-7-19)21-17(20-2)22-10-8-18(13-22)9-11-23-14-18/h15-16H,3-14H2,1-2H3,(H,20,21). The normalized spacial score (nSPS) is 38.2. The number of likely N-dealkylation sites (tertiary alicyclic amines) is 1. The maximum Gasteiger partial charge on any atom is 0.193 e. The van der Waals surface area contributed by atoms with E-state index in [2.05, 4.69) is 22.1 Å². The minimum absolute atomic E-state index is 0.361. The highest BCUT2D eigenvalue weighted by Crippen LogP contribution is 2.54. The largest absolute Gasteiger partial charge is 0.381 e. The molecule has 2 spiro atoms. The summed E-state index contributed by atoms with van der Waals surface area (Å²) in [5.74, 6) is 1.10. The third-order valence-electron chi connectivity index (χ3n) is 7.13. The van der Waals surface area contributed by atoms with Crippen LogP contribution in [0.25, 0.3) is 0 Å².